The second kappa shape index (κ2) is 7.93. The first-order valence-corrected chi connectivity index (χ1v) is 11.4. The van der Waals surface area contributed by atoms with Crippen LogP contribution in [0.25, 0.3) is 10.9 Å². The number of nitrogens with zero attached hydrogens (tertiary/aromatic N) is 1. The summed E-state index contributed by atoms with van der Waals surface area (Å²) in [5.41, 5.74) is 3.79. The number of benzene rings is 1. The smallest absolute Gasteiger partial charge is 0.323 e. The number of rotatable bonds is 3. The summed E-state index contributed by atoms with van der Waals surface area (Å²) in [6.07, 6.45) is 6.39. The molecule has 156 valence electrons. The fourth-order valence-electron chi connectivity index (χ4n) is 5.75. The minimum atomic E-state index is -0.125. The predicted octanol–water partition coefficient (Wildman–Crippen LogP) is 3.86. The number of carbonyl (C=O) groups excluding carboxylic acids is 1. The molecule has 2 aliphatic heterocycles. The van der Waals surface area contributed by atoms with Crippen LogP contribution in [0.2, 0.25) is 5.15 Å². The number of halogens is 1. The summed E-state index contributed by atoms with van der Waals surface area (Å²) in [6, 6.07) is 6.82. The molecule has 2 N–H and O–H groups in total. The van der Waals surface area contributed by atoms with Crippen molar-refractivity contribution in [1.29, 1.82) is 0 Å². The third-order valence-corrected chi connectivity index (χ3v) is 7.51. The van der Waals surface area contributed by atoms with Gasteiger partial charge in [0.15, 0.2) is 0 Å². The molecular formula is C23H30ClN3O2. The quantitative estimate of drug-likeness (QED) is 0.747. The summed E-state index contributed by atoms with van der Waals surface area (Å²) in [6.45, 7) is 2.39. The molecule has 3 aliphatic rings. The van der Waals surface area contributed by atoms with E-state index in [1.807, 2.05) is 0 Å². The van der Waals surface area contributed by atoms with Gasteiger partial charge in [-0.25, -0.2) is 0 Å². The van der Waals surface area contributed by atoms with Crippen LogP contribution in [0, 0.1) is 5.92 Å². The highest BCUT2D eigenvalue weighted by atomic mass is 35.5. The Morgan fingerprint density at radius 3 is 3.10 bits per heavy atom. The SMILES string of the molecule is CN1C[C@H](COC(=O)C2CCCCCN2)C[C@@H]2c3cccc4[nH]c(Cl)c(c34)C[C@H]21. The Hall–Kier alpha value is -1.56. The van der Waals surface area contributed by atoms with Crippen molar-refractivity contribution in [1.82, 2.24) is 15.2 Å². The average Bonchev–Trinajstić information content (AvgIpc) is 2.89. The number of esters is 1. The highest BCUT2D eigenvalue weighted by molar-refractivity contribution is 6.32. The highest BCUT2D eigenvalue weighted by Gasteiger charge is 2.40. The number of carbonyl (C=O) groups is 1. The summed E-state index contributed by atoms with van der Waals surface area (Å²) < 4.78 is 5.80. The van der Waals surface area contributed by atoms with Gasteiger partial charge in [-0.05, 0) is 56.5 Å². The Labute approximate surface area is 177 Å². The fraction of sp³-hybridized carbons (Fsp3) is 0.609. The van der Waals surface area contributed by atoms with Crippen LogP contribution in [0.15, 0.2) is 18.2 Å². The Bertz CT molecular complexity index is 903. The van der Waals surface area contributed by atoms with Crippen LogP contribution in [-0.4, -0.2) is 54.7 Å². The fourth-order valence-corrected chi connectivity index (χ4v) is 6.02. The lowest BCUT2D eigenvalue weighted by molar-refractivity contribution is -0.148. The van der Waals surface area contributed by atoms with E-state index in [1.54, 1.807) is 0 Å². The van der Waals surface area contributed by atoms with Crippen molar-refractivity contribution in [3.63, 3.8) is 0 Å². The van der Waals surface area contributed by atoms with E-state index in [-0.39, 0.29) is 12.0 Å². The molecule has 2 fully saturated rings. The van der Waals surface area contributed by atoms with Gasteiger partial charge in [-0.3, -0.25) is 4.79 Å². The lowest BCUT2D eigenvalue weighted by atomic mass is 9.72. The largest absolute Gasteiger partial charge is 0.464 e. The van der Waals surface area contributed by atoms with Crippen molar-refractivity contribution in [3.8, 4) is 0 Å². The van der Waals surface area contributed by atoms with Crippen molar-refractivity contribution in [2.45, 2.75) is 56.5 Å². The molecule has 1 unspecified atom stereocenters. The zero-order valence-electron chi connectivity index (χ0n) is 17.0. The van der Waals surface area contributed by atoms with Gasteiger partial charge in [0, 0.05) is 35.3 Å². The van der Waals surface area contributed by atoms with Gasteiger partial charge in [-0.15, -0.1) is 0 Å². The van der Waals surface area contributed by atoms with Gasteiger partial charge in [0.25, 0.3) is 0 Å². The predicted molar refractivity (Wildman–Crippen MR) is 115 cm³/mol. The molecule has 2 saturated heterocycles. The third-order valence-electron chi connectivity index (χ3n) is 7.19. The van der Waals surface area contributed by atoms with Gasteiger partial charge >= 0.3 is 5.97 Å². The lowest BCUT2D eigenvalue weighted by Gasteiger charge is -2.45. The molecule has 5 rings (SSSR count). The number of fused-ring (bicyclic) bond motifs is 2. The second-order valence-electron chi connectivity index (χ2n) is 9.09. The Morgan fingerprint density at radius 1 is 1.31 bits per heavy atom. The maximum atomic E-state index is 12.6. The molecule has 3 heterocycles. The minimum absolute atomic E-state index is 0.0675. The van der Waals surface area contributed by atoms with Crippen molar-refractivity contribution >= 4 is 28.5 Å². The third kappa shape index (κ3) is 3.58. The van der Waals surface area contributed by atoms with Crippen LogP contribution in [0.3, 0.4) is 0 Å². The number of nitrogens with one attached hydrogen (secondary N) is 2. The van der Waals surface area contributed by atoms with Crippen molar-refractivity contribution in [2.24, 2.45) is 5.92 Å². The number of likely N-dealkylation sites (N-methyl/N-ethyl adjacent to an activating group) is 1. The molecule has 0 saturated carbocycles. The number of likely N-dealkylation sites (tertiary alicyclic amines) is 1. The molecule has 0 bridgehead atoms. The zero-order chi connectivity index (χ0) is 20.0. The number of hydrogen-bond donors (Lipinski definition) is 2. The zero-order valence-corrected chi connectivity index (χ0v) is 17.8. The van der Waals surface area contributed by atoms with Crippen LogP contribution in [-0.2, 0) is 16.0 Å². The molecule has 0 radical (unpaired) electrons. The first-order chi connectivity index (χ1) is 14.1. The van der Waals surface area contributed by atoms with E-state index in [0.29, 0.717) is 24.5 Å². The maximum absolute atomic E-state index is 12.6. The molecular weight excluding hydrogens is 386 g/mol. The summed E-state index contributed by atoms with van der Waals surface area (Å²) in [5, 5.41) is 5.44. The highest BCUT2D eigenvalue weighted by Crippen LogP contribution is 2.46. The number of piperidine rings is 1. The normalized spacial score (nSPS) is 30.0. The van der Waals surface area contributed by atoms with E-state index in [1.165, 1.54) is 22.9 Å². The van der Waals surface area contributed by atoms with Crippen molar-refractivity contribution in [2.75, 3.05) is 26.7 Å². The molecule has 4 atom stereocenters. The van der Waals surface area contributed by atoms with Crippen LogP contribution >= 0.6 is 11.6 Å². The van der Waals surface area contributed by atoms with E-state index in [9.17, 15) is 4.79 Å². The molecule has 1 aromatic carbocycles. The lowest BCUT2D eigenvalue weighted by Crippen LogP contribution is -2.49. The van der Waals surface area contributed by atoms with Gasteiger partial charge in [0.2, 0.25) is 0 Å². The van der Waals surface area contributed by atoms with Crippen LogP contribution in [0.4, 0.5) is 0 Å². The number of aromatic amines is 1. The Balaban J connectivity index is 1.31. The van der Waals surface area contributed by atoms with Crippen molar-refractivity contribution < 1.29 is 9.53 Å². The molecule has 1 aromatic heterocycles. The number of aromatic nitrogens is 1. The van der Waals surface area contributed by atoms with Gasteiger partial charge in [-0.2, -0.15) is 0 Å². The van der Waals surface area contributed by atoms with Crippen molar-refractivity contribution in [3.05, 3.63) is 34.5 Å². The first-order valence-electron chi connectivity index (χ1n) is 11.0. The summed E-state index contributed by atoms with van der Waals surface area (Å²) in [5.74, 6) is 0.751. The first kappa shape index (κ1) is 19.4. The molecule has 1 aliphatic carbocycles. The molecule has 5 nitrogen and oxygen atoms in total. The van der Waals surface area contributed by atoms with Gasteiger partial charge in [0.1, 0.15) is 11.2 Å². The molecule has 0 spiro atoms. The monoisotopic (exact) mass is 415 g/mol. The average molecular weight is 416 g/mol. The van der Waals surface area contributed by atoms with Crippen LogP contribution in [0.1, 0.15) is 49.1 Å². The van der Waals surface area contributed by atoms with Crippen LogP contribution < -0.4 is 5.32 Å². The molecule has 0 amide bonds. The van der Waals surface area contributed by atoms with E-state index < -0.39 is 0 Å². The molecule has 2 aromatic rings. The maximum Gasteiger partial charge on any atom is 0.323 e. The van der Waals surface area contributed by atoms with E-state index in [4.69, 9.17) is 16.3 Å². The van der Waals surface area contributed by atoms with E-state index in [2.05, 4.69) is 40.4 Å². The van der Waals surface area contributed by atoms with E-state index in [0.717, 1.165) is 55.9 Å². The minimum Gasteiger partial charge on any atom is -0.464 e. The van der Waals surface area contributed by atoms with Gasteiger partial charge < -0.3 is 19.9 Å². The Morgan fingerprint density at radius 2 is 2.21 bits per heavy atom. The van der Waals surface area contributed by atoms with Gasteiger partial charge in [-0.1, -0.05) is 36.6 Å². The topological polar surface area (TPSA) is 57.4 Å². The Kier molecular flexibility index (Phi) is 5.31. The standard InChI is InChI=1S/C23H30ClN3O2/c1-27-12-14(13-29-23(28)19-7-3-2-4-9-25-19)10-16-15-6-5-8-18-21(15)17(11-20(16)27)22(24)26-18/h5-6,8,14,16,19-20,25-26H,2-4,7,9-13H2,1H3/t14-,16-,19?,20-/m1/s1. The molecule has 29 heavy (non-hydrogen) atoms. The molecule has 6 heteroatoms. The number of hydrogen-bond acceptors (Lipinski definition) is 4. The van der Waals surface area contributed by atoms with E-state index >= 15 is 0 Å². The second-order valence-corrected chi connectivity index (χ2v) is 9.47. The summed E-state index contributed by atoms with van der Waals surface area (Å²) in [4.78, 5) is 18.4. The van der Waals surface area contributed by atoms with Gasteiger partial charge in [0.05, 0.1) is 6.61 Å². The van der Waals surface area contributed by atoms with Crippen LogP contribution in [0.5, 0.6) is 0 Å². The number of ether oxygens (including phenoxy) is 1. The summed E-state index contributed by atoms with van der Waals surface area (Å²) >= 11 is 6.51. The number of H-pyrrole nitrogens is 1. The summed E-state index contributed by atoms with van der Waals surface area (Å²) in [7, 11) is 2.20.